The Balaban J connectivity index is 1.20. The van der Waals surface area contributed by atoms with Crippen LogP contribution in [0.1, 0.15) is 44.3 Å². The van der Waals surface area contributed by atoms with Crippen molar-refractivity contribution in [2.45, 2.75) is 32.0 Å². The predicted octanol–water partition coefficient (Wildman–Crippen LogP) is 5.90. The number of ether oxygens (including phenoxy) is 1. The molecule has 1 saturated heterocycles. The molecule has 43 heavy (non-hydrogen) atoms. The maximum atomic E-state index is 14.1. The van der Waals surface area contributed by atoms with Crippen LogP contribution in [-0.2, 0) is 17.8 Å². The number of methoxy groups -OCH3 is 1. The van der Waals surface area contributed by atoms with Gasteiger partial charge < -0.3 is 15.0 Å². The number of nitrogens with zero attached hydrogens (tertiary/aromatic N) is 2. The summed E-state index contributed by atoms with van der Waals surface area (Å²) in [6.07, 6.45) is 0.403. The molecule has 8 nitrogen and oxygen atoms in total. The smallest absolute Gasteiger partial charge is 0.332 e. The van der Waals surface area contributed by atoms with E-state index >= 15 is 0 Å². The number of urea groups is 1. The Labute approximate surface area is 248 Å². The first-order chi connectivity index (χ1) is 20.9. The van der Waals surface area contributed by atoms with E-state index in [1.807, 2.05) is 79.7 Å². The van der Waals surface area contributed by atoms with Gasteiger partial charge in [0, 0.05) is 35.1 Å². The molecule has 0 bridgehead atoms. The van der Waals surface area contributed by atoms with Gasteiger partial charge in [0.15, 0.2) is 0 Å². The van der Waals surface area contributed by atoms with Gasteiger partial charge in [-0.05, 0) is 66.1 Å². The summed E-state index contributed by atoms with van der Waals surface area (Å²) in [7, 11) is 1.61. The van der Waals surface area contributed by atoms with Gasteiger partial charge >= 0.3 is 6.03 Å². The third kappa shape index (κ3) is 4.52. The number of hydrogen-bond donors (Lipinski definition) is 2. The third-order valence-corrected chi connectivity index (χ3v) is 8.42. The van der Waals surface area contributed by atoms with Crippen LogP contribution in [0.25, 0.3) is 10.9 Å². The molecule has 1 aromatic heterocycles. The molecule has 4 aromatic carbocycles. The average Bonchev–Trinajstić information content (AvgIpc) is 3.53. The van der Waals surface area contributed by atoms with Crippen molar-refractivity contribution in [3.63, 3.8) is 0 Å². The van der Waals surface area contributed by atoms with Gasteiger partial charge in [-0.1, -0.05) is 60.2 Å². The molecule has 2 aliphatic rings. The summed E-state index contributed by atoms with van der Waals surface area (Å²) in [5.41, 5.74) is 6.78. The second kappa shape index (κ2) is 10.5. The normalized spacial score (nSPS) is 17.6. The number of nitrogens with one attached hydrogen (secondary N) is 2. The number of rotatable bonds is 6. The molecule has 0 radical (unpaired) electrons. The maximum Gasteiger partial charge on any atom is 0.332 e. The Morgan fingerprint density at radius 2 is 1.72 bits per heavy atom. The molecule has 2 atom stereocenters. The molecular weight excluding hydrogens is 540 g/mol. The number of hydrogen-bond acceptors (Lipinski definition) is 4. The van der Waals surface area contributed by atoms with E-state index in [1.54, 1.807) is 36.3 Å². The molecule has 0 spiro atoms. The molecule has 2 N–H and O–H groups in total. The van der Waals surface area contributed by atoms with E-state index in [4.69, 9.17) is 4.74 Å². The number of fused-ring (bicyclic) bond motifs is 4. The Morgan fingerprint density at radius 1 is 0.953 bits per heavy atom. The fourth-order valence-corrected chi connectivity index (χ4v) is 6.22. The van der Waals surface area contributed by atoms with Crippen molar-refractivity contribution >= 4 is 34.4 Å². The van der Waals surface area contributed by atoms with Crippen LogP contribution in [-0.4, -0.2) is 40.9 Å². The first kappa shape index (κ1) is 26.5. The van der Waals surface area contributed by atoms with Crippen LogP contribution in [0.2, 0.25) is 0 Å². The Bertz CT molecular complexity index is 1880. The summed E-state index contributed by atoms with van der Waals surface area (Å²) in [4.78, 5) is 47.4. The van der Waals surface area contributed by atoms with Crippen LogP contribution < -0.4 is 15.0 Å². The number of amides is 4. The first-order valence-corrected chi connectivity index (χ1v) is 14.3. The van der Waals surface area contributed by atoms with Crippen LogP contribution in [0, 0.1) is 6.92 Å². The molecule has 1 fully saturated rings. The largest absolute Gasteiger partial charge is 0.497 e. The lowest BCUT2D eigenvalue weighted by Gasteiger charge is -2.36. The summed E-state index contributed by atoms with van der Waals surface area (Å²) >= 11 is 0. The van der Waals surface area contributed by atoms with Crippen molar-refractivity contribution in [2.75, 3.05) is 12.0 Å². The quantitative estimate of drug-likeness (QED) is 0.249. The highest BCUT2D eigenvalue weighted by atomic mass is 16.5. The molecule has 0 unspecified atom stereocenters. The van der Waals surface area contributed by atoms with E-state index in [9.17, 15) is 14.4 Å². The van der Waals surface area contributed by atoms with Gasteiger partial charge in [-0.3, -0.25) is 14.5 Å². The molecule has 214 valence electrons. The molecule has 5 aromatic rings. The summed E-state index contributed by atoms with van der Waals surface area (Å²) in [6.45, 7) is 2.42. The van der Waals surface area contributed by atoms with Gasteiger partial charge in [0.1, 0.15) is 17.8 Å². The maximum absolute atomic E-state index is 14.1. The van der Waals surface area contributed by atoms with E-state index in [-0.39, 0.29) is 11.8 Å². The molecule has 8 heteroatoms. The summed E-state index contributed by atoms with van der Waals surface area (Å²) in [5.74, 6) is 0.154. The number of H-pyrrole nitrogens is 1. The lowest BCUT2D eigenvalue weighted by atomic mass is 9.89. The van der Waals surface area contributed by atoms with Crippen LogP contribution in [0.4, 0.5) is 10.5 Å². The Morgan fingerprint density at radius 3 is 2.49 bits per heavy atom. The number of imide groups is 1. The molecule has 3 heterocycles. The zero-order valence-electron chi connectivity index (χ0n) is 23.8. The van der Waals surface area contributed by atoms with Gasteiger partial charge in [0.25, 0.3) is 11.8 Å². The van der Waals surface area contributed by atoms with Gasteiger partial charge in [0.05, 0.1) is 12.8 Å². The SMILES string of the molecule is COc1cccc([C@H]2c3[nH]c4ccccc4c3C[C@H]3C(=O)N(c4ccc(C(=O)NCc5ccc(C)cc5)cc4)C(=O)N23)c1. The lowest BCUT2D eigenvalue weighted by Crippen LogP contribution is -2.44. The number of anilines is 1. The zero-order chi connectivity index (χ0) is 29.7. The van der Waals surface area contributed by atoms with Crippen molar-refractivity contribution in [3.05, 3.63) is 131 Å². The fraction of sp³-hybridized carbons (Fsp3) is 0.171. The van der Waals surface area contributed by atoms with Gasteiger partial charge in [-0.25, -0.2) is 9.69 Å². The molecule has 0 aliphatic carbocycles. The minimum Gasteiger partial charge on any atom is -0.497 e. The van der Waals surface area contributed by atoms with Crippen molar-refractivity contribution in [1.82, 2.24) is 15.2 Å². The number of aromatic amines is 1. The molecule has 7 rings (SSSR count). The van der Waals surface area contributed by atoms with Gasteiger partial charge in [-0.15, -0.1) is 0 Å². The van der Waals surface area contributed by atoms with Gasteiger partial charge in [-0.2, -0.15) is 0 Å². The summed E-state index contributed by atoms with van der Waals surface area (Å²) in [5, 5.41) is 3.97. The highest BCUT2D eigenvalue weighted by Gasteiger charge is 2.53. The number of aryl methyl sites for hydroxylation is 1. The predicted molar refractivity (Wildman–Crippen MR) is 164 cm³/mol. The van der Waals surface area contributed by atoms with Crippen molar-refractivity contribution in [3.8, 4) is 5.75 Å². The fourth-order valence-electron chi connectivity index (χ4n) is 6.22. The van der Waals surface area contributed by atoms with E-state index < -0.39 is 18.1 Å². The Kier molecular flexibility index (Phi) is 6.46. The standard InChI is InChI=1S/C35H30N4O4/c1-21-10-12-22(13-11-21)20-36-33(40)23-14-16-25(17-15-23)38-34(41)30-19-28-27-8-3-4-9-29(27)37-31(28)32(39(30)35(38)42)24-6-5-7-26(18-24)43-2/h3-18,30,32,37H,19-20H2,1-2H3,(H,36,40)/t30-,32-/m0/s1. The highest BCUT2D eigenvalue weighted by molar-refractivity contribution is 6.22. The van der Waals surface area contributed by atoms with Gasteiger partial charge in [0.2, 0.25) is 0 Å². The summed E-state index contributed by atoms with van der Waals surface area (Å²) < 4.78 is 5.50. The first-order valence-electron chi connectivity index (χ1n) is 14.3. The van der Waals surface area contributed by atoms with E-state index in [1.165, 1.54) is 4.90 Å². The van der Waals surface area contributed by atoms with Crippen molar-refractivity contribution < 1.29 is 19.1 Å². The van der Waals surface area contributed by atoms with Crippen LogP contribution in [0.15, 0.2) is 97.1 Å². The number of aromatic nitrogens is 1. The van der Waals surface area contributed by atoms with Crippen LogP contribution in [0.5, 0.6) is 5.75 Å². The van der Waals surface area contributed by atoms with E-state index in [0.29, 0.717) is 30.0 Å². The Hall–Kier alpha value is -5.37. The lowest BCUT2D eigenvalue weighted by molar-refractivity contribution is -0.120. The minimum atomic E-state index is -0.673. The van der Waals surface area contributed by atoms with Crippen molar-refractivity contribution in [2.24, 2.45) is 0 Å². The van der Waals surface area contributed by atoms with Crippen molar-refractivity contribution in [1.29, 1.82) is 0 Å². The minimum absolute atomic E-state index is 0.230. The van der Waals surface area contributed by atoms with Crippen LogP contribution >= 0.6 is 0 Å². The second-order valence-electron chi connectivity index (χ2n) is 11.0. The topological polar surface area (TPSA) is 94.7 Å². The molecule has 2 aliphatic heterocycles. The number of carbonyl (C=O) groups excluding carboxylic acids is 3. The van der Waals surface area contributed by atoms with E-state index in [0.717, 1.165) is 38.9 Å². The zero-order valence-corrected chi connectivity index (χ0v) is 23.8. The number of carbonyl (C=O) groups is 3. The monoisotopic (exact) mass is 570 g/mol. The van der Waals surface area contributed by atoms with Crippen LogP contribution in [0.3, 0.4) is 0 Å². The molecule has 0 saturated carbocycles. The average molecular weight is 571 g/mol. The highest BCUT2D eigenvalue weighted by Crippen LogP contribution is 2.45. The number of para-hydroxylation sites is 1. The number of benzene rings is 4. The molecule has 4 amide bonds. The summed E-state index contributed by atoms with van der Waals surface area (Å²) in [6, 6.07) is 28.6. The second-order valence-corrected chi connectivity index (χ2v) is 11.0. The molecular formula is C35H30N4O4. The van der Waals surface area contributed by atoms with E-state index in [2.05, 4.69) is 10.3 Å². The third-order valence-electron chi connectivity index (χ3n) is 8.42.